The number of nitrogens with one attached hydrogen (secondary N) is 1. The molecule has 2 rings (SSSR count). The first kappa shape index (κ1) is 17.7. The highest BCUT2D eigenvalue weighted by molar-refractivity contribution is 5.96. The molecule has 1 aromatic heterocycles. The Hall–Kier alpha value is -2.70. The van der Waals surface area contributed by atoms with Gasteiger partial charge in [-0.2, -0.15) is 0 Å². The van der Waals surface area contributed by atoms with Crippen LogP contribution >= 0.6 is 0 Å². The molecule has 0 saturated carbocycles. The number of aromatic nitrogens is 3. The highest BCUT2D eigenvalue weighted by atomic mass is 16.5. The zero-order valence-electron chi connectivity index (χ0n) is 14.3. The molecule has 1 amide bonds. The summed E-state index contributed by atoms with van der Waals surface area (Å²) in [5, 5.41) is 10.7. The maximum atomic E-state index is 12.4. The van der Waals surface area contributed by atoms with E-state index in [2.05, 4.69) is 15.6 Å². The summed E-state index contributed by atoms with van der Waals surface area (Å²) < 4.78 is 6.39. The summed E-state index contributed by atoms with van der Waals surface area (Å²) in [6.45, 7) is 5.97. The average Bonchev–Trinajstić information content (AvgIpc) is 2.93. The van der Waals surface area contributed by atoms with E-state index in [1.807, 2.05) is 44.2 Å². The van der Waals surface area contributed by atoms with Gasteiger partial charge >= 0.3 is 5.97 Å². The molecule has 0 radical (unpaired) electrons. The second-order valence-corrected chi connectivity index (χ2v) is 5.89. The van der Waals surface area contributed by atoms with Crippen LogP contribution in [0.1, 0.15) is 35.6 Å². The first-order valence-electron chi connectivity index (χ1n) is 7.76. The largest absolute Gasteiger partial charge is 0.467 e. The lowest BCUT2D eigenvalue weighted by Crippen LogP contribution is -2.45. The van der Waals surface area contributed by atoms with E-state index in [0.717, 1.165) is 5.56 Å². The minimum atomic E-state index is -0.721. The smallest absolute Gasteiger partial charge is 0.328 e. The number of methoxy groups -OCH3 is 1. The first-order chi connectivity index (χ1) is 11.4. The number of rotatable bonds is 6. The number of carbonyl (C=O) groups is 2. The lowest BCUT2D eigenvalue weighted by atomic mass is 10.0. The predicted molar refractivity (Wildman–Crippen MR) is 88.4 cm³/mol. The van der Waals surface area contributed by atoms with Gasteiger partial charge in [0.2, 0.25) is 0 Å². The Kier molecular flexibility index (Phi) is 5.68. The van der Waals surface area contributed by atoms with E-state index in [4.69, 9.17) is 4.74 Å². The third kappa shape index (κ3) is 3.98. The molecule has 1 atom stereocenters. The Morgan fingerprint density at radius 3 is 2.50 bits per heavy atom. The Morgan fingerprint density at radius 2 is 1.92 bits per heavy atom. The van der Waals surface area contributed by atoms with Crippen LogP contribution in [0.2, 0.25) is 0 Å². The lowest BCUT2D eigenvalue weighted by Gasteiger charge is -2.19. The third-order valence-corrected chi connectivity index (χ3v) is 3.78. The van der Waals surface area contributed by atoms with Crippen molar-refractivity contribution in [2.24, 2.45) is 5.92 Å². The van der Waals surface area contributed by atoms with E-state index in [9.17, 15) is 9.59 Å². The number of nitrogens with zero attached hydrogens (tertiary/aromatic N) is 3. The van der Waals surface area contributed by atoms with Gasteiger partial charge < -0.3 is 10.1 Å². The summed E-state index contributed by atoms with van der Waals surface area (Å²) in [7, 11) is 1.30. The number of amides is 1. The summed E-state index contributed by atoms with van der Waals surface area (Å²) in [5.41, 5.74) is 1.91. The van der Waals surface area contributed by atoms with Crippen LogP contribution in [-0.2, 0) is 16.1 Å². The number of esters is 1. The first-order valence-corrected chi connectivity index (χ1v) is 7.76. The fourth-order valence-electron chi connectivity index (χ4n) is 2.31. The molecular formula is C17H22N4O3. The summed E-state index contributed by atoms with van der Waals surface area (Å²) in [6, 6.07) is 9.06. The molecule has 0 saturated heterocycles. The van der Waals surface area contributed by atoms with Crippen LogP contribution in [0.3, 0.4) is 0 Å². The van der Waals surface area contributed by atoms with Gasteiger partial charge in [-0.25, -0.2) is 9.48 Å². The van der Waals surface area contributed by atoms with Gasteiger partial charge in [0.25, 0.3) is 5.91 Å². The van der Waals surface area contributed by atoms with Crippen LogP contribution in [0, 0.1) is 12.8 Å². The maximum Gasteiger partial charge on any atom is 0.328 e. The molecule has 0 aliphatic heterocycles. The van der Waals surface area contributed by atoms with Crippen LogP contribution in [0.15, 0.2) is 30.3 Å². The lowest BCUT2D eigenvalue weighted by molar-refractivity contribution is -0.144. The minimum absolute atomic E-state index is 0.0962. The van der Waals surface area contributed by atoms with Crippen molar-refractivity contribution in [3.8, 4) is 0 Å². The second-order valence-electron chi connectivity index (χ2n) is 5.89. The topological polar surface area (TPSA) is 86.1 Å². The highest BCUT2D eigenvalue weighted by Gasteiger charge is 2.27. The van der Waals surface area contributed by atoms with Gasteiger partial charge in [-0.3, -0.25) is 4.79 Å². The molecular weight excluding hydrogens is 308 g/mol. The van der Waals surface area contributed by atoms with E-state index < -0.39 is 17.9 Å². The molecule has 0 aliphatic carbocycles. The number of carbonyl (C=O) groups excluding carboxylic acids is 2. The minimum Gasteiger partial charge on any atom is -0.467 e. The fourth-order valence-corrected chi connectivity index (χ4v) is 2.31. The fraction of sp³-hybridized carbons (Fsp3) is 0.412. The molecule has 7 nitrogen and oxygen atoms in total. The van der Waals surface area contributed by atoms with Crippen LogP contribution in [0.4, 0.5) is 0 Å². The SMILES string of the molecule is COC(=O)C(NC(=O)c1nnn(Cc2ccccc2)c1C)C(C)C. The van der Waals surface area contributed by atoms with Crippen molar-refractivity contribution in [2.75, 3.05) is 7.11 Å². The van der Waals surface area contributed by atoms with Crippen LogP contribution in [0.25, 0.3) is 0 Å². The summed E-state index contributed by atoms with van der Waals surface area (Å²) in [4.78, 5) is 24.2. The number of benzene rings is 1. The maximum absolute atomic E-state index is 12.4. The Morgan fingerprint density at radius 1 is 1.25 bits per heavy atom. The second kappa shape index (κ2) is 7.72. The summed E-state index contributed by atoms with van der Waals surface area (Å²) >= 11 is 0. The molecule has 0 bridgehead atoms. The van der Waals surface area contributed by atoms with Crippen molar-refractivity contribution in [1.82, 2.24) is 20.3 Å². The number of ether oxygens (including phenoxy) is 1. The Balaban J connectivity index is 2.14. The van der Waals surface area contributed by atoms with Gasteiger partial charge in [0.1, 0.15) is 6.04 Å². The summed E-state index contributed by atoms with van der Waals surface area (Å²) in [6.07, 6.45) is 0. The molecule has 1 aromatic carbocycles. The van der Waals surface area contributed by atoms with Crippen molar-refractivity contribution < 1.29 is 14.3 Å². The van der Waals surface area contributed by atoms with Crippen molar-refractivity contribution in [3.63, 3.8) is 0 Å². The van der Waals surface area contributed by atoms with Crippen LogP contribution in [-0.4, -0.2) is 40.0 Å². The molecule has 128 valence electrons. The van der Waals surface area contributed by atoms with Gasteiger partial charge in [0.15, 0.2) is 5.69 Å². The molecule has 24 heavy (non-hydrogen) atoms. The molecule has 0 fully saturated rings. The number of hydrogen-bond donors (Lipinski definition) is 1. The van der Waals surface area contributed by atoms with E-state index in [1.165, 1.54) is 7.11 Å². The monoisotopic (exact) mass is 330 g/mol. The molecule has 1 unspecified atom stereocenters. The standard InChI is InChI=1S/C17H22N4O3/c1-11(2)14(17(23)24-4)18-16(22)15-12(3)21(20-19-15)10-13-8-6-5-7-9-13/h5-9,11,14H,10H2,1-4H3,(H,18,22). The normalized spacial score (nSPS) is 12.0. The van der Waals surface area contributed by atoms with E-state index in [1.54, 1.807) is 11.6 Å². The molecule has 2 aromatic rings. The zero-order chi connectivity index (χ0) is 17.7. The average molecular weight is 330 g/mol. The van der Waals surface area contributed by atoms with Gasteiger partial charge in [0, 0.05) is 0 Å². The molecule has 1 N–H and O–H groups in total. The summed E-state index contributed by atoms with van der Waals surface area (Å²) in [5.74, 6) is -1.01. The molecule has 0 spiro atoms. The van der Waals surface area contributed by atoms with Crippen molar-refractivity contribution in [2.45, 2.75) is 33.4 Å². The number of hydrogen-bond acceptors (Lipinski definition) is 5. The Bertz CT molecular complexity index is 710. The van der Waals surface area contributed by atoms with Gasteiger partial charge in [-0.05, 0) is 18.4 Å². The molecule has 7 heteroatoms. The van der Waals surface area contributed by atoms with Gasteiger partial charge in [-0.15, -0.1) is 5.10 Å². The van der Waals surface area contributed by atoms with E-state index >= 15 is 0 Å². The molecule has 0 aliphatic rings. The van der Waals surface area contributed by atoms with Crippen LogP contribution < -0.4 is 5.32 Å². The van der Waals surface area contributed by atoms with Crippen molar-refractivity contribution >= 4 is 11.9 Å². The van der Waals surface area contributed by atoms with Gasteiger partial charge in [-0.1, -0.05) is 49.4 Å². The zero-order valence-corrected chi connectivity index (χ0v) is 14.3. The van der Waals surface area contributed by atoms with Crippen LogP contribution in [0.5, 0.6) is 0 Å². The van der Waals surface area contributed by atoms with Gasteiger partial charge in [0.05, 0.1) is 19.3 Å². The highest BCUT2D eigenvalue weighted by Crippen LogP contribution is 2.10. The van der Waals surface area contributed by atoms with Crippen molar-refractivity contribution in [1.29, 1.82) is 0 Å². The quantitative estimate of drug-likeness (QED) is 0.812. The third-order valence-electron chi connectivity index (χ3n) is 3.78. The molecule has 1 heterocycles. The van der Waals surface area contributed by atoms with E-state index in [-0.39, 0.29) is 11.6 Å². The Labute approximate surface area is 141 Å². The van der Waals surface area contributed by atoms with Crippen molar-refractivity contribution in [3.05, 3.63) is 47.3 Å². The van der Waals surface area contributed by atoms with E-state index in [0.29, 0.717) is 12.2 Å². The predicted octanol–water partition coefficient (Wildman–Crippen LogP) is 1.56.